The van der Waals surface area contributed by atoms with Gasteiger partial charge in [-0.05, 0) is 26.2 Å². The van der Waals surface area contributed by atoms with Gasteiger partial charge >= 0.3 is 0 Å². The van der Waals surface area contributed by atoms with Crippen molar-refractivity contribution in [3.8, 4) is 0 Å². The molecule has 1 heterocycles. The molecule has 0 spiro atoms. The number of nitrogens with one attached hydrogen (secondary N) is 1. The van der Waals surface area contributed by atoms with Gasteiger partial charge in [0, 0.05) is 32.7 Å². The molecule has 1 atom stereocenters. The van der Waals surface area contributed by atoms with E-state index in [1.807, 2.05) is 13.8 Å². The van der Waals surface area contributed by atoms with E-state index in [0.717, 1.165) is 51.5 Å². The third-order valence-electron chi connectivity index (χ3n) is 4.16. The van der Waals surface area contributed by atoms with Gasteiger partial charge in [0.2, 0.25) is 0 Å². The van der Waals surface area contributed by atoms with Gasteiger partial charge in [0.05, 0.1) is 18.8 Å². The number of ether oxygens (including phenoxy) is 1. The fraction of sp³-hybridized carbons (Fsp3) is 0.933. The number of rotatable bonds is 7. The predicted molar refractivity (Wildman–Crippen MR) is 83.1 cm³/mol. The fourth-order valence-corrected chi connectivity index (χ4v) is 2.52. The molecule has 1 unspecified atom stereocenters. The maximum absolute atomic E-state index is 10.4. The van der Waals surface area contributed by atoms with Crippen LogP contribution in [0, 0.1) is 5.92 Å². The highest BCUT2D eigenvalue weighted by Crippen LogP contribution is 2.18. The number of hydrogen-bond donors (Lipinski definition) is 2. The lowest BCUT2D eigenvalue weighted by Crippen LogP contribution is -2.42. The van der Waals surface area contributed by atoms with Gasteiger partial charge in [-0.2, -0.15) is 0 Å². The van der Waals surface area contributed by atoms with Gasteiger partial charge in [-0.1, -0.05) is 13.8 Å². The Morgan fingerprint density at radius 2 is 2.10 bits per heavy atom. The zero-order valence-corrected chi connectivity index (χ0v) is 13.5. The van der Waals surface area contributed by atoms with Gasteiger partial charge in [0.1, 0.15) is 0 Å². The van der Waals surface area contributed by atoms with Gasteiger partial charge in [0.25, 0.3) is 0 Å². The second-order valence-electron chi connectivity index (χ2n) is 5.66. The topological polar surface area (TPSA) is 57.1 Å². The average molecular weight is 285 g/mol. The number of nitrogens with zero attached hydrogens (tertiary/aromatic N) is 2. The molecular weight excluding hydrogens is 254 g/mol. The second kappa shape index (κ2) is 8.47. The van der Waals surface area contributed by atoms with Crippen LogP contribution in [0.5, 0.6) is 0 Å². The van der Waals surface area contributed by atoms with Crippen LogP contribution in [0.1, 0.15) is 40.0 Å². The highest BCUT2D eigenvalue weighted by atomic mass is 16.5. The minimum absolute atomic E-state index is 0.466. The summed E-state index contributed by atoms with van der Waals surface area (Å²) >= 11 is 0. The fourth-order valence-electron chi connectivity index (χ4n) is 2.52. The van der Waals surface area contributed by atoms with Crippen molar-refractivity contribution in [2.45, 2.75) is 45.6 Å². The lowest BCUT2D eigenvalue weighted by Gasteiger charge is -2.26. The third-order valence-corrected chi connectivity index (χ3v) is 4.16. The van der Waals surface area contributed by atoms with E-state index in [2.05, 4.69) is 22.1 Å². The van der Waals surface area contributed by atoms with Crippen molar-refractivity contribution in [1.29, 1.82) is 0 Å². The molecule has 5 nitrogen and oxygen atoms in total. The first-order valence-corrected chi connectivity index (χ1v) is 7.83. The number of likely N-dealkylation sites (tertiary alicyclic amines) is 1. The molecule has 0 saturated carbocycles. The van der Waals surface area contributed by atoms with E-state index in [4.69, 9.17) is 4.74 Å². The van der Waals surface area contributed by atoms with E-state index >= 15 is 0 Å². The predicted octanol–water partition coefficient (Wildman–Crippen LogP) is 1.47. The van der Waals surface area contributed by atoms with Gasteiger partial charge in [0.15, 0.2) is 5.96 Å². The van der Waals surface area contributed by atoms with Crippen LogP contribution < -0.4 is 5.32 Å². The molecule has 118 valence electrons. The summed E-state index contributed by atoms with van der Waals surface area (Å²) in [5.41, 5.74) is -0.674. The molecule has 20 heavy (non-hydrogen) atoms. The van der Waals surface area contributed by atoms with Gasteiger partial charge < -0.3 is 20.1 Å². The molecule has 0 aromatic heterocycles. The molecule has 1 rings (SSSR count). The Balaban J connectivity index is 2.64. The van der Waals surface area contributed by atoms with E-state index in [9.17, 15) is 5.11 Å². The molecule has 1 fully saturated rings. The first kappa shape index (κ1) is 17.2. The van der Waals surface area contributed by atoms with Crippen molar-refractivity contribution in [1.82, 2.24) is 10.2 Å². The molecular formula is C15H31N3O2. The SMILES string of the molecule is CCNC(=NCC(O)(CC)CC)N1CCC(COC)C1. The Hall–Kier alpha value is -0.810. The first-order valence-electron chi connectivity index (χ1n) is 7.83. The van der Waals surface area contributed by atoms with Crippen LogP contribution in [0.2, 0.25) is 0 Å². The summed E-state index contributed by atoms with van der Waals surface area (Å²) in [6.07, 6.45) is 2.61. The number of guanidine groups is 1. The minimum Gasteiger partial charge on any atom is -0.388 e. The summed E-state index contributed by atoms with van der Waals surface area (Å²) in [4.78, 5) is 6.92. The standard InChI is InChI=1S/C15H31N3O2/c1-5-15(19,6-2)12-17-14(16-7-3)18-9-8-13(10-18)11-20-4/h13,19H,5-12H2,1-4H3,(H,16,17). The van der Waals surface area contributed by atoms with Crippen molar-refractivity contribution in [3.05, 3.63) is 0 Å². The maximum Gasteiger partial charge on any atom is 0.194 e. The Labute approximate surface area is 123 Å². The summed E-state index contributed by atoms with van der Waals surface area (Å²) in [7, 11) is 1.75. The van der Waals surface area contributed by atoms with E-state index in [1.54, 1.807) is 7.11 Å². The van der Waals surface area contributed by atoms with Crippen molar-refractivity contribution >= 4 is 5.96 Å². The minimum atomic E-state index is -0.674. The van der Waals surface area contributed by atoms with E-state index in [1.165, 1.54) is 0 Å². The Morgan fingerprint density at radius 3 is 2.65 bits per heavy atom. The highest BCUT2D eigenvalue weighted by Gasteiger charge is 2.26. The Bertz CT molecular complexity index is 303. The van der Waals surface area contributed by atoms with Crippen molar-refractivity contribution in [2.24, 2.45) is 10.9 Å². The van der Waals surface area contributed by atoms with Crippen molar-refractivity contribution < 1.29 is 9.84 Å². The summed E-state index contributed by atoms with van der Waals surface area (Å²) in [6, 6.07) is 0. The molecule has 0 aromatic rings. The number of methoxy groups -OCH3 is 1. The lowest BCUT2D eigenvalue weighted by atomic mass is 9.98. The molecule has 2 N–H and O–H groups in total. The molecule has 1 saturated heterocycles. The van der Waals surface area contributed by atoms with Crippen LogP contribution in [-0.4, -0.2) is 61.5 Å². The maximum atomic E-state index is 10.4. The first-order chi connectivity index (χ1) is 9.58. The van der Waals surface area contributed by atoms with Crippen molar-refractivity contribution in [3.63, 3.8) is 0 Å². The number of aliphatic imine (C=N–C) groups is 1. The third kappa shape index (κ3) is 4.94. The smallest absolute Gasteiger partial charge is 0.194 e. The van der Waals surface area contributed by atoms with E-state index < -0.39 is 5.60 Å². The molecule has 0 radical (unpaired) electrons. The molecule has 0 bridgehead atoms. The van der Waals surface area contributed by atoms with Crippen LogP contribution in [-0.2, 0) is 4.74 Å². The highest BCUT2D eigenvalue weighted by molar-refractivity contribution is 5.80. The van der Waals surface area contributed by atoms with E-state index in [-0.39, 0.29) is 0 Å². The normalized spacial score (nSPS) is 20.6. The molecule has 5 heteroatoms. The largest absolute Gasteiger partial charge is 0.388 e. The van der Waals surface area contributed by atoms with Gasteiger partial charge in [-0.3, -0.25) is 4.99 Å². The monoisotopic (exact) mass is 285 g/mol. The van der Waals surface area contributed by atoms with Gasteiger partial charge in [-0.25, -0.2) is 0 Å². The van der Waals surface area contributed by atoms with E-state index in [0.29, 0.717) is 12.5 Å². The molecule has 0 amide bonds. The quantitative estimate of drug-likeness (QED) is 0.549. The second-order valence-corrected chi connectivity index (χ2v) is 5.66. The average Bonchev–Trinajstić information content (AvgIpc) is 2.92. The van der Waals surface area contributed by atoms with Crippen molar-refractivity contribution in [2.75, 3.05) is 39.9 Å². The summed E-state index contributed by atoms with van der Waals surface area (Å²) in [6.45, 7) is 10.2. The van der Waals surface area contributed by atoms with Crippen LogP contribution in [0.4, 0.5) is 0 Å². The number of hydrogen-bond acceptors (Lipinski definition) is 3. The van der Waals surface area contributed by atoms with Crippen LogP contribution in [0.15, 0.2) is 4.99 Å². The summed E-state index contributed by atoms with van der Waals surface area (Å²) in [5.74, 6) is 1.51. The molecule has 1 aliphatic rings. The number of aliphatic hydroxyl groups is 1. The molecule has 0 aliphatic carbocycles. The Kier molecular flexibility index (Phi) is 7.30. The lowest BCUT2D eigenvalue weighted by molar-refractivity contribution is 0.0416. The summed E-state index contributed by atoms with van der Waals surface area (Å²) < 4.78 is 5.24. The molecule has 0 aromatic carbocycles. The van der Waals surface area contributed by atoms with Crippen LogP contribution >= 0.6 is 0 Å². The zero-order valence-electron chi connectivity index (χ0n) is 13.5. The Morgan fingerprint density at radius 1 is 1.40 bits per heavy atom. The summed E-state index contributed by atoms with van der Waals surface area (Å²) in [5, 5.41) is 13.7. The van der Waals surface area contributed by atoms with Crippen LogP contribution in [0.3, 0.4) is 0 Å². The zero-order chi connectivity index (χ0) is 15.0. The van der Waals surface area contributed by atoms with Crippen LogP contribution in [0.25, 0.3) is 0 Å². The van der Waals surface area contributed by atoms with Gasteiger partial charge in [-0.15, -0.1) is 0 Å². The molecule has 1 aliphatic heterocycles.